The van der Waals surface area contributed by atoms with Crippen molar-refractivity contribution in [3.8, 4) is 0 Å². The predicted molar refractivity (Wildman–Crippen MR) is 138 cm³/mol. The summed E-state index contributed by atoms with van der Waals surface area (Å²) in [6, 6.07) is 19.5. The molecule has 0 aromatic heterocycles. The number of amides is 1. The van der Waals surface area contributed by atoms with Crippen molar-refractivity contribution >= 4 is 39.1 Å². The Morgan fingerprint density at radius 1 is 1.00 bits per heavy atom. The molecular weight excluding hydrogens is 452 g/mol. The van der Waals surface area contributed by atoms with E-state index >= 15 is 0 Å². The molecule has 0 heterocycles. The molecule has 3 aromatic rings. The Balaban J connectivity index is 1.85. The maximum absolute atomic E-state index is 13.2. The van der Waals surface area contributed by atoms with Gasteiger partial charge >= 0.3 is 0 Å². The summed E-state index contributed by atoms with van der Waals surface area (Å²) in [5.74, 6) is 0.0483. The van der Waals surface area contributed by atoms with E-state index in [2.05, 4.69) is 19.2 Å². The molecule has 0 saturated heterocycles. The standard InChI is InChI=1S/C26H30N2O3S2/c1-6-28(33(30,31)23-16-14-22(32-5)15-17-23)21-12-10-20(11-13-21)26(29)27-25-19(4)8-7-9-24(25)18(2)3/h7-18H,6H2,1-5H3,(H,27,29). The van der Waals surface area contributed by atoms with Gasteiger partial charge < -0.3 is 5.32 Å². The first-order valence-corrected chi connectivity index (χ1v) is 13.5. The Hall–Kier alpha value is -2.77. The number of aryl methyl sites for hydroxylation is 1. The van der Waals surface area contributed by atoms with Crippen molar-refractivity contribution in [1.29, 1.82) is 0 Å². The fraction of sp³-hybridized carbons (Fsp3) is 0.269. The number of hydrogen-bond acceptors (Lipinski definition) is 4. The monoisotopic (exact) mass is 482 g/mol. The van der Waals surface area contributed by atoms with Crippen molar-refractivity contribution in [1.82, 2.24) is 0 Å². The number of sulfonamides is 1. The molecule has 0 atom stereocenters. The summed E-state index contributed by atoms with van der Waals surface area (Å²) in [4.78, 5) is 14.2. The Morgan fingerprint density at radius 2 is 1.64 bits per heavy atom. The molecule has 0 aliphatic carbocycles. The van der Waals surface area contributed by atoms with Crippen LogP contribution in [0.25, 0.3) is 0 Å². The van der Waals surface area contributed by atoms with E-state index in [1.54, 1.807) is 67.2 Å². The Labute approximate surface area is 201 Å². The van der Waals surface area contributed by atoms with Gasteiger partial charge in [0.25, 0.3) is 15.9 Å². The van der Waals surface area contributed by atoms with Gasteiger partial charge in [0.2, 0.25) is 0 Å². The highest BCUT2D eigenvalue weighted by Gasteiger charge is 2.24. The largest absolute Gasteiger partial charge is 0.321 e. The maximum Gasteiger partial charge on any atom is 0.264 e. The normalized spacial score (nSPS) is 11.5. The number of thioether (sulfide) groups is 1. The number of nitrogens with zero attached hydrogens (tertiary/aromatic N) is 1. The minimum Gasteiger partial charge on any atom is -0.321 e. The van der Waals surface area contributed by atoms with Crippen LogP contribution in [0.2, 0.25) is 0 Å². The minimum absolute atomic E-state index is 0.226. The van der Waals surface area contributed by atoms with Crippen LogP contribution in [-0.2, 0) is 10.0 Å². The van der Waals surface area contributed by atoms with Gasteiger partial charge in [0.05, 0.1) is 10.6 Å². The van der Waals surface area contributed by atoms with E-state index < -0.39 is 10.0 Å². The molecule has 1 amide bonds. The van der Waals surface area contributed by atoms with E-state index in [-0.39, 0.29) is 23.3 Å². The van der Waals surface area contributed by atoms with Crippen LogP contribution in [0.1, 0.15) is 48.2 Å². The van der Waals surface area contributed by atoms with E-state index in [4.69, 9.17) is 0 Å². The predicted octanol–water partition coefficient (Wildman–Crippen LogP) is 6.31. The van der Waals surface area contributed by atoms with Gasteiger partial charge in [-0.25, -0.2) is 8.42 Å². The number of carbonyl (C=O) groups is 1. The van der Waals surface area contributed by atoms with Crippen molar-refractivity contribution < 1.29 is 13.2 Å². The number of carbonyl (C=O) groups excluding carboxylic acids is 1. The third-order valence-electron chi connectivity index (χ3n) is 5.52. The summed E-state index contributed by atoms with van der Waals surface area (Å²) in [6.45, 7) is 8.22. The summed E-state index contributed by atoms with van der Waals surface area (Å²) in [5.41, 5.74) is 3.89. The molecule has 33 heavy (non-hydrogen) atoms. The highest BCUT2D eigenvalue weighted by atomic mass is 32.2. The molecule has 0 spiro atoms. The van der Waals surface area contributed by atoms with Crippen molar-refractivity contribution in [3.63, 3.8) is 0 Å². The average Bonchev–Trinajstić information content (AvgIpc) is 2.81. The first kappa shape index (κ1) is 24.9. The van der Waals surface area contributed by atoms with Crippen LogP contribution in [-0.4, -0.2) is 27.1 Å². The Morgan fingerprint density at radius 3 is 2.18 bits per heavy atom. The summed E-state index contributed by atoms with van der Waals surface area (Å²) in [5, 5.41) is 3.03. The number of para-hydroxylation sites is 1. The fourth-order valence-corrected chi connectivity index (χ4v) is 5.56. The van der Waals surface area contributed by atoms with E-state index in [0.717, 1.165) is 21.7 Å². The zero-order valence-corrected chi connectivity index (χ0v) is 21.3. The first-order chi connectivity index (χ1) is 15.7. The third-order valence-corrected chi connectivity index (χ3v) is 8.18. The van der Waals surface area contributed by atoms with E-state index in [0.29, 0.717) is 11.3 Å². The lowest BCUT2D eigenvalue weighted by Gasteiger charge is -2.23. The molecule has 174 valence electrons. The zero-order chi connectivity index (χ0) is 24.2. The molecule has 3 rings (SSSR count). The molecule has 0 fully saturated rings. The molecule has 3 aromatic carbocycles. The lowest BCUT2D eigenvalue weighted by Crippen LogP contribution is -2.30. The fourth-order valence-electron chi connectivity index (χ4n) is 3.67. The zero-order valence-electron chi connectivity index (χ0n) is 19.6. The van der Waals surface area contributed by atoms with Gasteiger partial charge in [0.15, 0.2) is 0 Å². The van der Waals surface area contributed by atoms with Gasteiger partial charge in [-0.2, -0.15) is 0 Å². The minimum atomic E-state index is -3.71. The quantitative estimate of drug-likeness (QED) is 0.382. The van der Waals surface area contributed by atoms with Crippen LogP contribution in [0.3, 0.4) is 0 Å². The number of benzene rings is 3. The molecule has 1 N–H and O–H groups in total. The Bertz CT molecular complexity index is 1220. The van der Waals surface area contributed by atoms with E-state index in [1.165, 1.54) is 4.31 Å². The molecule has 5 nitrogen and oxygen atoms in total. The van der Waals surface area contributed by atoms with Gasteiger partial charge in [0.1, 0.15) is 0 Å². The second kappa shape index (κ2) is 10.4. The van der Waals surface area contributed by atoms with Crippen LogP contribution < -0.4 is 9.62 Å². The van der Waals surface area contributed by atoms with Gasteiger partial charge in [-0.3, -0.25) is 9.10 Å². The third kappa shape index (κ3) is 5.42. The second-order valence-electron chi connectivity index (χ2n) is 8.04. The molecule has 0 aliphatic heterocycles. The van der Waals surface area contributed by atoms with Gasteiger partial charge in [0, 0.05) is 22.7 Å². The molecule has 0 saturated carbocycles. The van der Waals surface area contributed by atoms with E-state index in [1.807, 2.05) is 31.4 Å². The van der Waals surface area contributed by atoms with Gasteiger partial charge in [-0.15, -0.1) is 11.8 Å². The van der Waals surface area contributed by atoms with Crippen molar-refractivity contribution in [3.05, 3.63) is 83.4 Å². The van der Waals surface area contributed by atoms with Crippen LogP contribution in [0.5, 0.6) is 0 Å². The molecular formula is C26H30N2O3S2. The second-order valence-corrected chi connectivity index (χ2v) is 10.8. The number of hydrogen-bond donors (Lipinski definition) is 1. The summed E-state index contributed by atoms with van der Waals surface area (Å²) < 4.78 is 27.8. The first-order valence-electron chi connectivity index (χ1n) is 10.9. The number of rotatable bonds is 8. The molecule has 0 unspecified atom stereocenters. The molecule has 0 radical (unpaired) electrons. The Kier molecular flexibility index (Phi) is 7.87. The topological polar surface area (TPSA) is 66.5 Å². The molecule has 0 aliphatic rings. The van der Waals surface area contributed by atoms with E-state index in [9.17, 15) is 13.2 Å². The van der Waals surface area contributed by atoms with Crippen molar-refractivity contribution in [2.75, 3.05) is 22.4 Å². The highest BCUT2D eigenvalue weighted by molar-refractivity contribution is 7.98. The van der Waals surface area contributed by atoms with Crippen molar-refractivity contribution in [2.45, 2.75) is 43.4 Å². The van der Waals surface area contributed by atoms with Crippen LogP contribution in [0.15, 0.2) is 76.5 Å². The molecule has 7 heteroatoms. The lowest BCUT2D eigenvalue weighted by molar-refractivity contribution is 0.102. The van der Waals surface area contributed by atoms with Gasteiger partial charge in [-0.1, -0.05) is 32.0 Å². The van der Waals surface area contributed by atoms with Crippen molar-refractivity contribution in [2.24, 2.45) is 0 Å². The number of anilines is 2. The maximum atomic E-state index is 13.2. The number of nitrogens with one attached hydrogen (secondary N) is 1. The summed E-state index contributed by atoms with van der Waals surface area (Å²) in [6.07, 6.45) is 1.95. The summed E-state index contributed by atoms with van der Waals surface area (Å²) >= 11 is 1.56. The SMILES string of the molecule is CCN(c1ccc(C(=O)Nc2c(C)cccc2C(C)C)cc1)S(=O)(=O)c1ccc(SC)cc1. The van der Waals surface area contributed by atoms with Crippen LogP contribution >= 0.6 is 11.8 Å². The highest BCUT2D eigenvalue weighted by Crippen LogP contribution is 2.29. The molecule has 0 bridgehead atoms. The summed E-state index contributed by atoms with van der Waals surface area (Å²) in [7, 11) is -3.71. The average molecular weight is 483 g/mol. The van der Waals surface area contributed by atoms with Crippen LogP contribution in [0, 0.1) is 6.92 Å². The van der Waals surface area contributed by atoms with Crippen LogP contribution in [0.4, 0.5) is 11.4 Å². The smallest absolute Gasteiger partial charge is 0.264 e. The lowest BCUT2D eigenvalue weighted by atomic mass is 9.98. The van der Waals surface area contributed by atoms with Gasteiger partial charge in [-0.05, 0) is 85.7 Å².